The molecule has 33 heavy (non-hydrogen) atoms. The number of nitrogens with one attached hydrogen (secondary N) is 1. The molecule has 4 rings (SSSR count). The molecule has 0 radical (unpaired) electrons. The van der Waals surface area contributed by atoms with Crippen LogP contribution in [-0.2, 0) is 9.59 Å². The van der Waals surface area contributed by atoms with Crippen molar-refractivity contribution in [2.24, 2.45) is 0 Å². The van der Waals surface area contributed by atoms with Crippen LogP contribution in [0.2, 0.25) is 0 Å². The number of thiazole rings is 2. The van der Waals surface area contributed by atoms with Gasteiger partial charge >= 0.3 is 0 Å². The number of carbonyl (C=O) groups excluding carboxylic acids is 2. The van der Waals surface area contributed by atoms with E-state index in [2.05, 4.69) is 15.3 Å². The van der Waals surface area contributed by atoms with E-state index in [9.17, 15) is 14.0 Å². The van der Waals surface area contributed by atoms with Gasteiger partial charge in [0.2, 0.25) is 11.8 Å². The van der Waals surface area contributed by atoms with Crippen molar-refractivity contribution in [1.29, 1.82) is 0 Å². The molecular formula is C23H19FN4O3S2. The number of para-hydroxylation sites is 1. The first-order valence-corrected chi connectivity index (χ1v) is 11.7. The number of hydrogen-bond acceptors (Lipinski definition) is 7. The van der Waals surface area contributed by atoms with E-state index in [1.54, 1.807) is 17.5 Å². The molecule has 0 unspecified atom stereocenters. The second kappa shape index (κ2) is 9.88. The van der Waals surface area contributed by atoms with Gasteiger partial charge < -0.3 is 4.74 Å². The molecule has 0 fully saturated rings. The number of ether oxygens (including phenoxy) is 1. The van der Waals surface area contributed by atoms with E-state index < -0.39 is 5.82 Å². The molecule has 2 amide bonds. The van der Waals surface area contributed by atoms with E-state index >= 15 is 0 Å². The molecule has 2 aromatic heterocycles. The number of rotatable bonds is 7. The van der Waals surface area contributed by atoms with Gasteiger partial charge in [0.25, 0.3) is 0 Å². The van der Waals surface area contributed by atoms with Crippen molar-refractivity contribution in [3.05, 3.63) is 65.4 Å². The van der Waals surface area contributed by atoms with Crippen LogP contribution in [0, 0.1) is 5.82 Å². The largest absolute Gasteiger partial charge is 0.494 e. The van der Waals surface area contributed by atoms with Crippen LogP contribution >= 0.6 is 22.7 Å². The lowest BCUT2D eigenvalue weighted by Gasteiger charge is -2.18. The highest BCUT2D eigenvalue weighted by Gasteiger charge is 2.20. The van der Waals surface area contributed by atoms with Crippen LogP contribution in [0.5, 0.6) is 5.75 Å². The molecule has 10 heteroatoms. The minimum Gasteiger partial charge on any atom is -0.494 e. The van der Waals surface area contributed by atoms with Crippen molar-refractivity contribution in [3.63, 3.8) is 0 Å². The van der Waals surface area contributed by atoms with Crippen LogP contribution in [0.1, 0.15) is 19.5 Å². The fraction of sp³-hybridized carbons (Fsp3) is 0.130. The third-order valence-electron chi connectivity index (χ3n) is 4.42. The van der Waals surface area contributed by atoms with E-state index in [0.29, 0.717) is 22.6 Å². The van der Waals surface area contributed by atoms with Crippen molar-refractivity contribution < 1.29 is 18.7 Å². The maximum Gasteiger partial charge on any atom is 0.250 e. The molecular weight excluding hydrogens is 463 g/mol. The molecule has 0 aliphatic carbocycles. The molecule has 0 saturated carbocycles. The van der Waals surface area contributed by atoms with Gasteiger partial charge in [-0.25, -0.2) is 14.4 Å². The van der Waals surface area contributed by atoms with E-state index in [1.807, 2.05) is 25.1 Å². The van der Waals surface area contributed by atoms with Crippen LogP contribution in [0.3, 0.4) is 0 Å². The first-order valence-electron chi connectivity index (χ1n) is 9.98. The van der Waals surface area contributed by atoms with Gasteiger partial charge in [-0.2, -0.15) is 0 Å². The van der Waals surface area contributed by atoms with Crippen molar-refractivity contribution in [1.82, 2.24) is 9.97 Å². The molecule has 0 spiro atoms. The zero-order chi connectivity index (χ0) is 23.4. The molecule has 4 aromatic rings. The Morgan fingerprint density at radius 3 is 2.79 bits per heavy atom. The fourth-order valence-electron chi connectivity index (χ4n) is 3.02. The zero-order valence-corrected chi connectivity index (χ0v) is 19.4. The number of fused-ring (bicyclic) bond motifs is 1. The lowest BCUT2D eigenvalue weighted by Crippen LogP contribution is -2.23. The molecule has 7 nitrogen and oxygen atoms in total. The highest BCUT2D eigenvalue weighted by molar-refractivity contribution is 7.22. The van der Waals surface area contributed by atoms with E-state index in [-0.39, 0.29) is 17.5 Å². The number of aromatic nitrogens is 2. The number of amides is 2. The first-order chi connectivity index (χ1) is 15.9. The maximum atomic E-state index is 14.2. The van der Waals surface area contributed by atoms with Gasteiger partial charge in [-0.3, -0.25) is 19.8 Å². The van der Waals surface area contributed by atoms with Crippen LogP contribution < -0.4 is 15.0 Å². The van der Waals surface area contributed by atoms with Gasteiger partial charge in [-0.1, -0.05) is 23.5 Å². The van der Waals surface area contributed by atoms with Crippen molar-refractivity contribution in [3.8, 4) is 5.75 Å². The number of hydrogen-bond donors (Lipinski definition) is 1. The summed E-state index contributed by atoms with van der Waals surface area (Å²) >= 11 is 2.52. The van der Waals surface area contributed by atoms with Gasteiger partial charge in [0.1, 0.15) is 11.6 Å². The molecule has 2 aromatic carbocycles. The molecule has 0 bridgehead atoms. The Morgan fingerprint density at radius 2 is 2.03 bits per heavy atom. The Kier molecular flexibility index (Phi) is 6.76. The highest BCUT2D eigenvalue weighted by atomic mass is 32.1. The number of carbonyl (C=O) groups is 2. The second-order valence-electron chi connectivity index (χ2n) is 6.76. The minimum atomic E-state index is -0.524. The Bertz CT molecular complexity index is 1350. The number of anilines is 3. The third kappa shape index (κ3) is 5.24. The van der Waals surface area contributed by atoms with Crippen LogP contribution in [0.25, 0.3) is 16.3 Å². The highest BCUT2D eigenvalue weighted by Crippen LogP contribution is 2.31. The minimum absolute atomic E-state index is 0.121. The molecule has 0 aliphatic heterocycles. The molecule has 0 atom stereocenters. The number of nitrogens with zero attached hydrogens (tertiary/aromatic N) is 3. The van der Waals surface area contributed by atoms with Crippen molar-refractivity contribution in [2.45, 2.75) is 13.8 Å². The zero-order valence-electron chi connectivity index (χ0n) is 17.7. The summed E-state index contributed by atoms with van der Waals surface area (Å²) in [5, 5.41) is 5.20. The van der Waals surface area contributed by atoms with Crippen molar-refractivity contribution >= 4 is 66.7 Å². The fourth-order valence-corrected chi connectivity index (χ4v) is 4.76. The summed E-state index contributed by atoms with van der Waals surface area (Å²) in [7, 11) is 0. The Balaban J connectivity index is 1.46. The summed E-state index contributed by atoms with van der Waals surface area (Å²) in [4.78, 5) is 34.4. The Hall–Kier alpha value is -3.63. The van der Waals surface area contributed by atoms with Gasteiger partial charge in [0.05, 0.1) is 28.2 Å². The third-order valence-corrected chi connectivity index (χ3v) is 6.19. The lowest BCUT2D eigenvalue weighted by atomic mass is 10.3. The average Bonchev–Trinajstić information content (AvgIpc) is 3.40. The summed E-state index contributed by atoms with van der Waals surface area (Å²) in [5.74, 6) is -0.512. The smallest absolute Gasteiger partial charge is 0.250 e. The number of halogens is 1. The van der Waals surface area contributed by atoms with Gasteiger partial charge in [0, 0.05) is 18.4 Å². The average molecular weight is 483 g/mol. The monoisotopic (exact) mass is 482 g/mol. The van der Waals surface area contributed by atoms with Crippen LogP contribution in [0.15, 0.2) is 53.9 Å². The summed E-state index contributed by atoms with van der Waals surface area (Å²) in [6.45, 7) is 3.82. The topological polar surface area (TPSA) is 84.4 Å². The molecule has 168 valence electrons. The standard InChI is InChI=1S/C23H19FN4O3S2/c1-3-31-16-9-10-18-20(12-16)33-22(26-18)27-21(30)11-8-15-13-32-23(25-15)28(14(2)29)19-7-5-4-6-17(19)24/h4-13H,3H2,1-2H3,(H,26,27,30)/b11-8+. The summed E-state index contributed by atoms with van der Waals surface area (Å²) in [6.07, 6.45) is 2.85. The van der Waals surface area contributed by atoms with Gasteiger partial charge in [0.15, 0.2) is 10.3 Å². The predicted molar refractivity (Wildman–Crippen MR) is 130 cm³/mol. The summed E-state index contributed by atoms with van der Waals surface area (Å²) in [6, 6.07) is 11.6. The molecule has 2 heterocycles. The second-order valence-corrected chi connectivity index (χ2v) is 8.63. The lowest BCUT2D eigenvalue weighted by molar-refractivity contribution is -0.116. The Labute approximate surface area is 197 Å². The van der Waals surface area contributed by atoms with Crippen LogP contribution in [-0.4, -0.2) is 28.4 Å². The van der Waals surface area contributed by atoms with Gasteiger partial charge in [-0.15, -0.1) is 11.3 Å². The molecule has 1 N–H and O–H groups in total. The normalized spacial score (nSPS) is 11.1. The van der Waals surface area contributed by atoms with E-state index in [4.69, 9.17) is 4.74 Å². The van der Waals surface area contributed by atoms with Crippen LogP contribution in [0.4, 0.5) is 20.3 Å². The summed E-state index contributed by atoms with van der Waals surface area (Å²) < 4.78 is 20.6. The van der Waals surface area contributed by atoms with Crippen molar-refractivity contribution in [2.75, 3.05) is 16.8 Å². The predicted octanol–water partition coefficient (Wildman–Crippen LogP) is 5.63. The maximum absolute atomic E-state index is 14.2. The Morgan fingerprint density at radius 1 is 1.21 bits per heavy atom. The summed E-state index contributed by atoms with van der Waals surface area (Å²) in [5.41, 5.74) is 1.36. The van der Waals surface area contributed by atoms with E-state index in [1.165, 1.54) is 58.8 Å². The molecule has 0 aliphatic rings. The molecule has 0 saturated heterocycles. The van der Waals surface area contributed by atoms with E-state index in [0.717, 1.165) is 16.0 Å². The number of benzene rings is 2. The first kappa shape index (κ1) is 22.6. The van der Waals surface area contributed by atoms with Gasteiger partial charge in [-0.05, 0) is 43.3 Å². The SMILES string of the molecule is CCOc1ccc2nc(NC(=O)/C=C/c3csc(N(C(C)=O)c4ccccc4F)n3)sc2c1. The quantitative estimate of drug-likeness (QED) is 0.345.